The maximum Gasteiger partial charge on any atom is 0.243 e. The molecule has 0 aliphatic heterocycles. The van der Waals surface area contributed by atoms with E-state index in [2.05, 4.69) is 15.7 Å². The highest BCUT2D eigenvalue weighted by Crippen LogP contribution is 2.23. The summed E-state index contributed by atoms with van der Waals surface area (Å²) in [4.78, 5) is 23.7. The van der Waals surface area contributed by atoms with Gasteiger partial charge in [-0.05, 0) is 64.1 Å². The molecule has 0 fully saturated rings. The van der Waals surface area contributed by atoms with Crippen LogP contribution >= 0.6 is 0 Å². The highest BCUT2D eigenvalue weighted by Gasteiger charge is 2.15. The summed E-state index contributed by atoms with van der Waals surface area (Å²) in [5.41, 5.74) is 5.92. The van der Waals surface area contributed by atoms with Gasteiger partial charge in [0, 0.05) is 11.3 Å². The lowest BCUT2D eigenvalue weighted by molar-refractivity contribution is -0.114. The van der Waals surface area contributed by atoms with E-state index in [1.807, 2.05) is 49.7 Å². The lowest BCUT2D eigenvalue weighted by Crippen LogP contribution is -2.22. The quantitative estimate of drug-likeness (QED) is 0.637. The van der Waals surface area contributed by atoms with Crippen molar-refractivity contribution in [1.29, 1.82) is 0 Å². The number of amides is 1. The van der Waals surface area contributed by atoms with Gasteiger partial charge in [0.25, 0.3) is 0 Å². The molecule has 0 aliphatic carbocycles. The van der Waals surface area contributed by atoms with Gasteiger partial charge in [0.1, 0.15) is 0 Å². The van der Waals surface area contributed by atoms with Crippen molar-refractivity contribution < 1.29 is 9.59 Å². The predicted octanol–water partition coefficient (Wildman–Crippen LogP) is 4.05. The van der Waals surface area contributed by atoms with Gasteiger partial charge in [0.15, 0.2) is 5.78 Å². The summed E-state index contributed by atoms with van der Waals surface area (Å²) in [5.74, 6) is -0.147. The van der Waals surface area contributed by atoms with Crippen LogP contribution in [0.1, 0.15) is 34.2 Å². The number of aryl methyl sites for hydroxylation is 2. The van der Waals surface area contributed by atoms with E-state index in [4.69, 9.17) is 0 Å². The Morgan fingerprint density at radius 1 is 0.964 bits per heavy atom. The molecule has 0 bridgehead atoms. The average molecular weight is 376 g/mol. The van der Waals surface area contributed by atoms with Gasteiger partial charge in [0.2, 0.25) is 5.91 Å². The van der Waals surface area contributed by atoms with Gasteiger partial charge in [-0.2, -0.15) is 5.10 Å². The Balaban J connectivity index is 1.67. The number of hydrogen-bond acceptors (Lipinski definition) is 4. The third-order valence-corrected chi connectivity index (χ3v) is 4.58. The number of carbonyl (C=O) groups excluding carboxylic acids is 2. The molecular formula is C22H24N4O2. The Morgan fingerprint density at radius 3 is 2.21 bits per heavy atom. The van der Waals surface area contributed by atoms with E-state index in [-0.39, 0.29) is 18.2 Å². The number of aromatic nitrogens is 2. The van der Waals surface area contributed by atoms with E-state index < -0.39 is 0 Å². The molecule has 0 radical (unpaired) electrons. The minimum Gasteiger partial charge on any atom is -0.376 e. The van der Waals surface area contributed by atoms with Crippen molar-refractivity contribution in [2.45, 2.75) is 27.7 Å². The van der Waals surface area contributed by atoms with Crippen molar-refractivity contribution in [3.63, 3.8) is 0 Å². The maximum absolute atomic E-state index is 12.4. The third kappa shape index (κ3) is 4.28. The van der Waals surface area contributed by atoms with Crippen LogP contribution in [0, 0.1) is 20.8 Å². The largest absolute Gasteiger partial charge is 0.376 e. The Morgan fingerprint density at radius 2 is 1.61 bits per heavy atom. The number of benzene rings is 2. The summed E-state index contributed by atoms with van der Waals surface area (Å²) in [6.07, 6.45) is 0. The molecule has 1 heterocycles. The first-order chi connectivity index (χ1) is 13.3. The fraction of sp³-hybridized carbons (Fsp3) is 0.227. The van der Waals surface area contributed by atoms with E-state index in [0.29, 0.717) is 5.56 Å². The van der Waals surface area contributed by atoms with Crippen LogP contribution < -0.4 is 10.6 Å². The molecule has 1 amide bonds. The summed E-state index contributed by atoms with van der Waals surface area (Å²) in [5, 5.41) is 10.6. The molecule has 144 valence electrons. The SMILES string of the molecule is CC(=O)c1ccc(NCC(=O)Nc2c(C)nn(-c3ccc(C)cc3)c2C)cc1. The third-order valence-electron chi connectivity index (χ3n) is 4.58. The van der Waals surface area contributed by atoms with Crippen LogP contribution in [-0.2, 0) is 4.79 Å². The van der Waals surface area contributed by atoms with Crippen LogP contribution in [0.5, 0.6) is 0 Å². The number of hydrogen-bond donors (Lipinski definition) is 2. The van der Waals surface area contributed by atoms with Crippen molar-refractivity contribution in [3.05, 3.63) is 71.0 Å². The maximum atomic E-state index is 12.4. The summed E-state index contributed by atoms with van der Waals surface area (Å²) in [6.45, 7) is 7.49. The van der Waals surface area contributed by atoms with Gasteiger partial charge < -0.3 is 10.6 Å². The Hall–Kier alpha value is -3.41. The van der Waals surface area contributed by atoms with Gasteiger partial charge in [-0.15, -0.1) is 0 Å². The van der Waals surface area contributed by atoms with Crippen molar-refractivity contribution in [2.24, 2.45) is 0 Å². The second-order valence-corrected chi connectivity index (χ2v) is 6.83. The van der Waals surface area contributed by atoms with Crippen LogP contribution in [0.25, 0.3) is 5.69 Å². The molecule has 28 heavy (non-hydrogen) atoms. The average Bonchev–Trinajstić information content (AvgIpc) is 2.95. The standard InChI is InChI=1S/C22H24N4O2/c1-14-5-11-20(12-6-14)26-16(3)22(15(2)25-26)24-21(28)13-23-19-9-7-18(8-10-19)17(4)27/h5-12,23H,13H2,1-4H3,(H,24,28). The summed E-state index contributed by atoms with van der Waals surface area (Å²) >= 11 is 0. The van der Waals surface area contributed by atoms with E-state index in [1.165, 1.54) is 12.5 Å². The zero-order chi connectivity index (χ0) is 20.3. The minimum atomic E-state index is -0.162. The first kappa shape index (κ1) is 19.4. The molecule has 3 aromatic rings. The monoisotopic (exact) mass is 376 g/mol. The van der Waals surface area contributed by atoms with Crippen LogP contribution in [0.4, 0.5) is 11.4 Å². The Labute approximate surface area is 164 Å². The molecule has 1 aromatic heterocycles. The van der Waals surface area contributed by atoms with Crippen LogP contribution in [0.3, 0.4) is 0 Å². The van der Waals surface area contributed by atoms with Gasteiger partial charge in [-0.3, -0.25) is 9.59 Å². The summed E-state index contributed by atoms with van der Waals surface area (Å²) in [7, 11) is 0. The number of anilines is 2. The normalized spacial score (nSPS) is 10.6. The van der Waals surface area contributed by atoms with Crippen LogP contribution in [0.2, 0.25) is 0 Å². The lowest BCUT2D eigenvalue weighted by Gasteiger charge is -2.09. The Kier molecular flexibility index (Phi) is 5.59. The molecule has 0 spiro atoms. The van der Waals surface area contributed by atoms with Crippen LogP contribution in [0.15, 0.2) is 48.5 Å². The molecule has 0 saturated heterocycles. The van der Waals surface area contributed by atoms with E-state index in [9.17, 15) is 9.59 Å². The molecule has 0 unspecified atom stereocenters. The zero-order valence-electron chi connectivity index (χ0n) is 16.5. The van der Waals surface area contributed by atoms with E-state index in [0.717, 1.165) is 28.5 Å². The smallest absolute Gasteiger partial charge is 0.243 e. The molecule has 2 N–H and O–H groups in total. The van der Waals surface area contributed by atoms with E-state index >= 15 is 0 Å². The van der Waals surface area contributed by atoms with Gasteiger partial charge >= 0.3 is 0 Å². The second-order valence-electron chi connectivity index (χ2n) is 6.83. The van der Waals surface area contributed by atoms with Crippen molar-refractivity contribution in [3.8, 4) is 5.69 Å². The summed E-state index contributed by atoms with van der Waals surface area (Å²) in [6, 6.07) is 15.1. The van der Waals surface area contributed by atoms with E-state index in [1.54, 1.807) is 24.3 Å². The number of nitrogens with one attached hydrogen (secondary N) is 2. The highest BCUT2D eigenvalue weighted by molar-refractivity contribution is 5.95. The molecule has 3 rings (SSSR count). The number of ketones is 1. The molecule has 0 aliphatic rings. The van der Waals surface area contributed by atoms with Gasteiger partial charge in [-0.1, -0.05) is 17.7 Å². The fourth-order valence-electron chi connectivity index (χ4n) is 2.95. The molecule has 0 atom stereocenters. The molecule has 0 saturated carbocycles. The number of Topliss-reactive ketones (excluding diaryl/α,β-unsaturated/α-hetero) is 1. The lowest BCUT2D eigenvalue weighted by atomic mass is 10.1. The summed E-state index contributed by atoms with van der Waals surface area (Å²) < 4.78 is 1.83. The van der Waals surface area contributed by atoms with Crippen molar-refractivity contribution in [2.75, 3.05) is 17.2 Å². The first-order valence-corrected chi connectivity index (χ1v) is 9.13. The van der Waals surface area contributed by atoms with Crippen LogP contribution in [-0.4, -0.2) is 28.0 Å². The van der Waals surface area contributed by atoms with Crippen molar-refractivity contribution in [1.82, 2.24) is 9.78 Å². The van der Waals surface area contributed by atoms with Crippen molar-refractivity contribution >= 4 is 23.1 Å². The number of carbonyl (C=O) groups is 2. The molecule has 2 aromatic carbocycles. The van der Waals surface area contributed by atoms with Gasteiger partial charge in [0.05, 0.1) is 29.3 Å². The fourth-order valence-corrected chi connectivity index (χ4v) is 2.95. The number of rotatable bonds is 6. The second kappa shape index (κ2) is 8.08. The Bertz CT molecular complexity index is 1000. The molecule has 6 nitrogen and oxygen atoms in total. The topological polar surface area (TPSA) is 76.0 Å². The molecular weight excluding hydrogens is 352 g/mol. The van der Waals surface area contributed by atoms with Gasteiger partial charge in [-0.25, -0.2) is 4.68 Å². The molecule has 6 heteroatoms. The number of nitrogens with zero attached hydrogens (tertiary/aromatic N) is 2. The zero-order valence-corrected chi connectivity index (χ0v) is 16.5. The minimum absolute atomic E-state index is 0.0147. The predicted molar refractivity (Wildman–Crippen MR) is 111 cm³/mol. The first-order valence-electron chi connectivity index (χ1n) is 9.13. The highest BCUT2D eigenvalue weighted by atomic mass is 16.2.